The van der Waals surface area contributed by atoms with Gasteiger partial charge in [-0.3, -0.25) is 9.59 Å². The van der Waals surface area contributed by atoms with Crippen LogP contribution in [-0.4, -0.2) is 28.1 Å². The predicted molar refractivity (Wildman–Crippen MR) is 107 cm³/mol. The van der Waals surface area contributed by atoms with Gasteiger partial charge < -0.3 is 10.2 Å². The minimum absolute atomic E-state index is 0.0463. The van der Waals surface area contributed by atoms with E-state index in [9.17, 15) is 14.7 Å². The molecule has 4 heteroatoms. The van der Waals surface area contributed by atoms with Crippen molar-refractivity contribution in [1.29, 1.82) is 0 Å². The lowest BCUT2D eigenvalue weighted by Gasteiger charge is -2.57. The highest BCUT2D eigenvalue weighted by Gasteiger charge is 2.61. The molecule has 2 N–H and O–H groups in total. The van der Waals surface area contributed by atoms with Crippen molar-refractivity contribution in [2.45, 2.75) is 59.0 Å². The van der Waals surface area contributed by atoms with Crippen LogP contribution in [0.5, 0.6) is 0 Å². The molecule has 0 spiro atoms. The normalized spacial score (nSPS) is 45.1. The SMILES string of the molecule is C[C@H](CCC(=O)O)[C@H]1CC[C@H]2[C@@H]3C=CC4=CC(=O)C=C[C@]4(C)[C@H]3C[C@H](O)[C@]12C. The van der Waals surface area contributed by atoms with Gasteiger partial charge in [0.25, 0.3) is 0 Å². The maximum Gasteiger partial charge on any atom is 0.303 e. The summed E-state index contributed by atoms with van der Waals surface area (Å²) in [5, 5.41) is 20.5. The van der Waals surface area contributed by atoms with Crippen LogP contribution < -0.4 is 0 Å². The summed E-state index contributed by atoms with van der Waals surface area (Å²) in [4.78, 5) is 22.9. The lowest BCUT2D eigenvalue weighted by atomic mass is 9.48. The van der Waals surface area contributed by atoms with Gasteiger partial charge in [0.1, 0.15) is 0 Å². The van der Waals surface area contributed by atoms with Crippen molar-refractivity contribution in [3.8, 4) is 0 Å². The maximum atomic E-state index is 11.9. The molecule has 0 aromatic rings. The smallest absolute Gasteiger partial charge is 0.303 e. The molecule has 0 unspecified atom stereocenters. The summed E-state index contributed by atoms with van der Waals surface area (Å²) in [7, 11) is 0. The Kier molecular flexibility index (Phi) is 4.69. The molecule has 4 aliphatic carbocycles. The van der Waals surface area contributed by atoms with Crippen LogP contribution in [0.25, 0.3) is 0 Å². The van der Waals surface area contributed by atoms with Gasteiger partial charge in [-0.1, -0.05) is 39.0 Å². The molecule has 0 radical (unpaired) electrons. The molecule has 4 aliphatic rings. The van der Waals surface area contributed by atoms with E-state index >= 15 is 0 Å². The molecule has 0 amide bonds. The number of allylic oxidation sites excluding steroid dienone is 6. The number of fused-ring (bicyclic) bond motifs is 5. The second-order valence-corrected chi connectivity index (χ2v) is 9.98. The number of aliphatic hydroxyl groups excluding tert-OH is 1. The summed E-state index contributed by atoms with van der Waals surface area (Å²) in [6.07, 6.45) is 13.3. The van der Waals surface area contributed by atoms with Crippen molar-refractivity contribution >= 4 is 11.8 Å². The van der Waals surface area contributed by atoms with Crippen LogP contribution in [0.15, 0.2) is 36.0 Å². The van der Waals surface area contributed by atoms with Gasteiger partial charge >= 0.3 is 5.97 Å². The largest absolute Gasteiger partial charge is 0.481 e. The molecule has 8 atom stereocenters. The number of ketones is 1. The number of carboxylic acid groups (broad SMARTS) is 1. The van der Waals surface area contributed by atoms with Gasteiger partial charge in [-0.25, -0.2) is 0 Å². The van der Waals surface area contributed by atoms with Gasteiger partial charge in [0, 0.05) is 11.8 Å². The molecule has 2 saturated carbocycles. The molecule has 28 heavy (non-hydrogen) atoms. The first kappa shape index (κ1) is 19.6. The van der Waals surface area contributed by atoms with E-state index in [0.717, 1.165) is 24.8 Å². The molecular weight excluding hydrogens is 352 g/mol. The van der Waals surface area contributed by atoms with Gasteiger partial charge in [0.05, 0.1) is 6.10 Å². The van der Waals surface area contributed by atoms with Crippen molar-refractivity contribution < 1.29 is 19.8 Å². The monoisotopic (exact) mass is 384 g/mol. The molecule has 0 aromatic heterocycles. The number of carboxylic acids is 1. The molecule has 0 heterocycles. The van der Waals surface area contributed by atoms with Crippen molar-refractivity contribution in [2.24, 2.45) is 40.4 Å². The van der Waals surface area contributed by atoms with E-state index in [0.29, 0.717) is 36.0 Å². The second kappa shape index (κ2) is 6.69. The highest BCUT2D eigenvalue weighted by Crippen LogP contribution is 2.65. The van der Waals surface area contributed by atoms with E-state index in [2.05, 4.69) is 39.0 Å². The summed E-state index contributed by atoms with van der Waals surface area (Å²) < 4.78 is 0. The van der Waals surface area contributed by atoms with Crippen LogP contribution >= 0.6 is 0 Å². The number of aliphatic hydroxyl groups is 1. The minimum Gasteiger partial charge on any atom is -0.481 e. The van der Waals surface area contributed by atoms with E-state index in [-0.39, 0.29) is 23.0 Å². The number of hydrogen-bond acceptors (Lipinski definition) is 3. The topological polar surface area (TPSA) is 74.6 Å². The third-order valence-electron chi connectivity index (χ3n) is 8.79. The number of carbonyl (C=O) groups is 2. The first-order valence-electron chi connectivity index (χ1n) is 10.7. The molecule has 0 bridgehead atoms. The first-order valence-corrected chi connectivity index (χ1v) is 10.7. The van der Waals surface area contributed by atoms with Gasteiger partial charge in [-0.2, -0.15) is 0 Å². The Morgan fingerprint density at radius 3 is 2.71 bits per heavy atom. The minimum atomic E-state index is -0.739. The molecule has 0 aromatic carbocycles. The van der Waals surface area contributed by atoms with Crippen LogP contribution in [0.4, 0.5) is 0 Å². The number of aliphatic carboxylic acids is 1. The van der Waals surface area contributed by atoms with Crippen LogP contribution in [0.1, 0.15) is 52.9 Å². The predicted octanol–water partition coefficient (Wildman–Crippen LogP) is 4.16. The van der Waals surface area contributed by atoms with E-state index in [1.54, 1.807) is 12.2 Å². The van der Waals surface area contributed by atoms with Crippen molar-refractivity contribution in [3.05, 3.63) is 36.0 Å². The zero-order valence-corrected chi connectivity index (χ0v) is 17.1. The zero-order chi connectivity index (χ0) is 20.3. The van der Waals surface area contributed by atoms with E-state index < -0.39 is 12.1 Å². The molecule has 152 valence electrons. The summed E-state index contributed by atoms with van der Waals surface area (Å²) in [5.74, 6) is 1.05. The Bertz CT molecular complexity index is 777. The van der Waals surface area contributed by atoms with Crippen molar-refractivity contribution in [1.82, 2.24) is 0 Å². The molecule has 2 fully saturated rings. The van der Waals surface area contributed by atoms with Gasteiger partial charge in [-0.05, 0) is 78.4 Å². The Labute approximate surface area is 167 Å². The second-order valence-electron chi connectivity index (χ2n) is 9.98. The highest BCUT2D eigenvalue weighted by molar-refractivity contribution is 6.01. The Morgan fingerprint density at radius 2 is 2.00 bits per heavy atom. The number of hydrogen-bond donors (Lipinski definition) is 2. The lowest BCUT2D eigenvalue weighted by molar-refractivity contribution is -0.138. The van der Waals surface area contributed by atoms with Crippen LogP contribution in [0.2, 0.25) is 0 Å². The zero-order valence-electron chi connectivity index (χ0n) is 17.1. The van der Waals surface area contributed by atoms with Gasteiger partial charge in [-0.15, -0.1) is 0 Å². The van der Waals surface area contributed by atoms with E-state index in [1.165, 1.54) is 0 Å². The van der Waals surface area contributed by atoms with Crippen LogP contribution in [-0.2, 0) is 9.59 Å². The van der Waals surface area contributed by atoms with E-state index in [1.807, 2.05) is 0 Å². The van der Waals surface area contributed by atoms with Gasteiger partial charge in [0.2, 0.25) is 0 Å². The van der Waals surface area contributed by atoms with E-state index in [4.69, 9.17) is 5.11 Å². The summed E-state index contributed by atoms with van der Waals surface area (Å²) in [5.41, 5.74) is 0.708. The first-order chi connectivity index (χ1) is 13.2. The third-order valence-corrected chi connectivity index (χ3v) is 8.79. The average molecular weight is 385 g/mol. The summed E-state index contributed by atoms with van der Waals surface area (Å²) in [6, 6.07) is 0. The molecule has 0 saturated heterocycles. The summed E-state index contributed by atoms with van der Waals surface area (Å²) in [6.45, 7) is 6.61. The van der Waals surface area contributed by atoms with Crippen LogP contribution in [0, 0.1) is 40.4 Å². The molecule has 4 nitrogen and oxygen atoms in total. The number of rotatable bonds is 4. The van der Waals surface area contributed by atoms with Gasteiger partial charge in [0.15, 0.2) is 5.78 Å². The third kappa shape index (κ3) is 2.75. The summed E-state index contributed by atoms with van der Waals surface area (Å²) >= 11 is 0. The Hall–Kier alpha value is -1.68. The fraction of sp³-hybridized carbons (Fsp3) is 0.667. The molecule has 4 rings (SSSR count). The number of carbonyl (C=O) groups excluding carboxylic acids is 1. The van der Waals surface area contributed by atoms with Crippen LogP contribution in [0.3, 0.4) is 0 Å². The Balaban J connectivity index is 1.65. The molecule has 0 aliphatic heterocycles. The van der Waals surface area contributed by atoms with Crippen molar-refractivity contribution in [3.63, 3.8) is 0 Å². The maximum absolute atomic E-state index is 11.9. The quantitative estimate of drug-likeness (QED) is 0.763. The fourth-order valence-electron chi connectivity index (χ4n) is 7.14. The molecular formula is C24H32O4. The Morgan fingerprint density at radius 1 is 1.25 bits per heavy atom. The average Bonchev–Trinajstić information content (AvgIpc) is 3.00. The lowest BCUT2D eigenvalue weighted by Crippen LogP contribution is -2.55. The fourth-order valence-corrected chi connectivity index (χ4v) is 7.14. The highest BCUT2D eigenvalue weighted by atomic mass is 16.4. The standard InChI is InChI=1S/C24H32O4/c1-14(4-9-22(27)28)18-7-8-19-17-6-5-15-12-16(25)10-11-23(15,2)20(17)13-21(26)24(18,19)3/h5-6,10-12,14,17-21,26H,4,7-9,13H2,1-3H3,(H,27,28)/t14-,17+,18-,19+,20+,21+,23+,24-/m1/s1. The van der Waals surface area contributed by atoms with Crippen molar-refractivity contribution in [2.75, 3.05) is 0 Å².